The lowest BCUT2D eigenvalue weighted by Crippen LogP contribution is -2.28. The van der Waals surface area contributed by atoms with Crippen LogP contribution in [0.15, 0.2) is 64.4 Å². The predicted octanol–water partition coefficient (Wildman–Crippen LogP) is 5.76. The molecule has 0 saturated carbocycles. The molecule has 3 rings (SSSR count). The Morgan fingerprint density at radius 2 is 1.93 bits per heavy atom. The zero-order valence-electron chi connectivity index (χ0n) is 17.8. The number of carbonyl (C=O) groups is 1. The van der Waals surface area contributed by atoms with Gasteiger partial charge in [0.1, 0.15) is 0 Å². The van der Waals surface area contributed by atoms with E-state index < -0.39 is 0 Å². The van der Waals surface area contributed by atoms with E-state index in [1.165, 1.54) is 17.3 Å². The van der Waals surface area contributed by atoms with Crippen molar-refractivity contribution in [2.24, 2.45) is 5.10 Å². The summed E-state index contributed by atoms with van der Waals surface area (Å²) in [6, 6.07) is 16.3. The molecule has 6 heteroatoms. The van der Waals surface area contributed by atoms with Crippen molar-refractivity contribution in [2.75, 3.05) is 0 Å². The highest BCUT2D eigenvalue weighted by atomic mass is 32.2. The molecule has 2 N–H and O–H groups in total. The fourth-order valence-corrected chi connectivity index (χ4v) is 3.91. The highest BCUT2D eigenvalue weighted by Gasteiger charge is 2.19. The average molecular weight is 421 g/mol. The molecule has 0 saturated heterocycles. The monoisotopic (exact) mass is 420 g/mol. The minimum atomic E-state index is -0.268. The van der Waals surface area contributed by atoms with Gasteiger partial charge in [-0.3, -0.25) is 4.79 Å². The Bertz CT molecular complexity index is 1020. The van der Waals surface area contributed by atoms with Gasteiger partial charge in [-0.05, 0) is 48.1 Å². The summed E-state index contributed by atoms with van der Waals surface area (Å²) in [4.78, 5) is 20.3. The number of carbonyl (C=O) groups excluding carboxylic acids is 1. The molecule has 0 aliphatic carbocycles. The van der Waals surface area contributed by atoms with Gasteiger partial charge in [-0.25, -0.2) is 10.4 Å². The summed E-state index contributed by atoms with van der Waals surface area (Å²) in [5.74, 6) is 0.387. The zero-order valence-corrected chi connectivity index (χ0v) is 18.7. The normalized spacial score (nSPS) is 13.3. The number of imidazole rings is 1. The number of hydrogen-bond donors (Lipinski definition) is 2. The van der Waals surface area contributed by atoms with Crippen molar-refractivity contribution in [1.82, 2.24) is 15.4 Å². The standard InChI is InChI=1S/C24H28N4OS/c1-5-22(30-24-26-20-8-6-7-9-21(20)27-24)23(29)28-25-15-17(4)14-18-10-12-19(13-11-18)16(2)3/h6-16,22H,5H2,1-4H3,(H,26,27)(H,28,29)/b17-14-,25-15-/t22-/m0/s1. The maximum Gasteiger partial charge on any atom is 0.253 e. The van der Waals surface area contributed by atoms with Gasteiger partial charge in [-0.1, -0.05) is 75.0 Å². The fourth-order valence-electron chi connectivity index (χ4n) is 2.99. The van der Waals surface area contributed by atoms with E-state index in [0.717, 1.165) is 27.3 Å². The first-order valence-corrected chi connectivity index (χ1v) is 11.1. The molecule has 0 spiro atoms. The van der Waals surface area contributed by atoms with E-state index in [2.05, 4.69) is 58.6 Å². The second-order valence-electron chi connectivity index (χ2n) is 7.52. The van der Waals surface area contributed by atoms with Crippen LogP contribution in [-0.2, 0) is 4.79 Å². The molecule has 5 nitrogen and oxygen atoms in total. The largest absolute Gasteiger partial charge is 0.333 e. The summed E-state index contributed by atoms with van der Waals surface area (Å²) in [6.45, 7) is 8.31. The summed E-state index contributed by atoms with van der Waals surface area (Å²) in [5.41, 5.74) is 7.92. The molecule has 30 heavy (non-hydrogen) atoms. The van der Waals surface area contributed by atoms with Crippen LogP contribution in [0.4, 0.5) is 0 Å². The van der Waals surface area contributed by atoms with E-state index in [4.69, 9.17) is 0 Å². The number of aromatic amines is 1. The zero-order chi connectivity index (χ0) is 21.5. The van der Waals surface area contributed by atoms with Gasteiger partial charge in [0.15, 0.2) is 5.16 Å². The quantitative estimate of drug-likeness (QED) is 0.276. The van der Waals surface area contributed by atoms with Crippen LogP contribution in [0.5, 0.6) is 0 Å². The van der Waals surface area contributed by atoms with Gasteiger partial charge >= 0.3 is 0 Å². The topological polar surface area (TPSA) is 70.1 Å². The molecule has 0 aliphatic rings. The molecule has 2 aromatic carbocycles. The Labute approximate surface area is 182 Å². The molecule has 1 amide bonds. The van der Waals surface area contributed by atoms with E-state index in [1.807, 2.05) is 44.2 Å². The Morgan fingerprint density at radius 1 is 1.20 bits per heavy atom. The molecule has 0 radical (unpaired) electrons. The molecule has 1 aromatic heterocycles. The van der Waals surface area contributed by atoms with Crippen LogP contribution >= 0.6 is 11.8 Å². The number of rotatable bonds is 8. The van der Waals surface area contributed by atoms with E-state index in [-0.39, 0.29) is 11.2 Å². The minimum Gasteiger partial charge on any atom is -0.333 e. The second kappa shape index (κ2) is 10.3. The number of hydrogen-bond acceptors (Lipinski definition) is 4. The lowest BCUT2D eigenvalue weighted by atomic mass is 10.0. The van der Waals surface area contributed by atoms with Gasteiger partial charge in [0.25, 0.3) is 5.91 Å². The van der Waals surface area contributed by atoms with Crippen LogP contribution < -0.4 is 5.43 Å². The van der Waals surface area contributed by atoms with Gasteiger partial charge in [0.05, 0.1) is 22.5 Å². The first-order chi connectivity index (χ1) is 14.5. The number of benzene rings is 2. The number of para-hydroxylation sites is 2. The SMILES string of the molecule is CC[C@H](Sc1nc2ccccc2[nH]1)C(=O)N/N=C\C(C)=C/c1ccc(C(C)C)cc1. The minimum absolute atomic E-state index is 0.131. The molecule has 3 aromatic rings. The smallest absolute Gasteiger partial charge is 0.253 e. The van der Waals surface area contributed by atoms with Crippen LogP contribution in [0.2, 0.25) is 0 Å². The van der Waals surface area contributed by atoms with Crippen molar-refractivity contribution in [3.8, 4) is 0 Å². The summed E-state index contributed by atoms with van der Waals surface area (Å²) in [7, 11) is 0. The van der Waals surface area contributed by atoms with Crippen LogP contribution in [0, 0.1) is 0 Å². The van der Waals surface area contributed by atoms with Crippen molar-refractivity contribution < 1.29 is 4.79 Å². The number of fused-ring (bicyclic) bond motifs is 1. The summed E-state index contributed by atoms with van der Waals surface area (Å²) in [6.07, 6.45) is 4.40. The van der Waals surface area contributed by atoms with Crippen molar-refractivity contribution in [3.63, 3.8) is 0 Å². The molecule has 1 atom stereocenters. The predicted molar refractivity (Wildman–Crippen MR) is 127 cm³/mol. The number of allylic oxidation sites excluding steroid dienone is 1. The van der Waals surface area contributed by atoms with E-state index in [1.54, 1.807) is 6.21 Å². The van der Waals surface area contributed by atoms with Crippen molar-refractivity contribution >= 4 is 41.0 Å². The molecule has 1 heterocycles. The molecular weight excluding hydrogens is 392 g/mol. The van der Waals surface area contributed by atoms with Crippen LogP contribution in [0.25, 0.3) is 17.1 Å². The third-order valence-electron chi connectivity index (χ3n) is 4.73. The highest BCUT2D eigenvalue weighted by Crippen LogP contribution is 2.25. The number of nitrogens with zero attached hydrogens (tertiary/aromatic N) is 2. The molecule has 0 fully saturated rings. The summed E-state index contributed by atoms with van der Waals surface area (Å²) < 4.78 is 0. The lowest BCUT2D eigenvalue weighted by Gasteiger charge is -2.10. The number of amides is 1. The maximum absolute atomic E-state index is 12.5. The molecule has 0 aliphatic heterocycles. The number of H-pyrrole nitrogens is 1. The van der Waals surface area contributed by atoms with Gasteiger partial charge in [0, 0.05) is 0 Å². The molecular formula is C24H28N4OS. The summed E-state index contributed by atoms with van der Waals surface area (Å²) in [5, 5.41) is 4.60. The van der Waals surface area contributed by atoms with Gasteiger partial charge in [0.2, 0.25) is 0 Å². The molecule has 156 valence electrons. The highest BCUT2D eigenvalue weighted by molar-refractivity contribution is 8.00. The number of thioether (sulfide) groups is 1. The van der Waals surface area contributed by atoms with Crippen molar-refractivity contribution in [2.45, 2.75) is 50.4 Å². The molecule has 0 unspecified atom stereocenters. The Balaban J connectivity index is 1.57. The van der Waals surface area contributed by atoms with Crippen LogP contribution in [0.1, 0.15) is 51.2 Å². The first-order valence-electron chi connectivity index (χ1n) is 10.2. The number of hydrazone groups is 1. The third-order valence-corrected chi connectivity index (χ3v) is 5.97. The molecule has 0 bridgehead atoms. The fraction of sp³-hybridized carbons (Fsp3) is 0.292. The Kier molecular flexibility index (Phi) is 7.46. The second-order valence-corrected chi connectivity index (χ2v) is 8.71. The van der Waals surface area contributed by atoms with Gasteiger partial charge in [-0.2, -0.15) is 5.10 Å². The Morgan fingerprint density at radius 3 is 2.60 bits per heavy atom. The number of nitrogens with one attached hydrogen (secondary N) is 2. The van der Waals surface area contributed by atoms with Crippen LogP contribution in [-0.4, -0.2) is 27.3 Å². The maximum atomic E-state index is 12.5. The third kappa shape index (κ3) is 5.83. The Hall–Kier alpha value is -2.86. The van der Waals surface area contributed by atoms with E-state index in [9.17, 15) is 4.79 Å². The first kappa shape index (κ1) is 21.8. The lowest BCUT2D eigenvalue weighted by molar-refractivity contribution is -0.120. The van der Waals surface area contributed by atoms with Crippen LogP contribution in [0.3, 0.4) is 0 Å². The summed E-state index contributed by atoms with van der Waals surface area (Å²) >= 11 is 1.42. The average Bonchev–Trinajstić information content (AvgIpc) is 3.14. The number of aromatic nitrogens is 2. The van der Waals surface area contributed by atoms with E-state index in [0.29, 0.717) is 12.3 Å². The van der Waals surface area contributed by atoms with E-state index >= 15 is 0 Å². The van der Waals surface area contributed by atoms with Crippen molar-refractivity contribution in [3.05, 3.63) is 65.2 Å². The van der Waals surface area contributed by atoms with Crippen molar-refractivity contribution in [1.29, 1.82) is 0 Å². The van der Waals surface area contributed by atoms with Gasteiger partial charge in [-0.15, -0.1) is 0 Å². The van der Waals surface area contributed by atoms with Gasteiger partial charge < -0.3 is 4.98 Å².